The predicted molar refractivity (Wildman–Crippen MR) is 114 cm³/mol. The van der Waals surface area contributed by atoms with E-state index < -0.39 is 11.9 Å². The molecule has 6 nitrogen and oxygen atoms in total. The van der Waals surface area contributed by atoms with E-state index in [9.17, 15) is 18.0 Å². The Balaban J connectivity index is 1.48. The summed E-state index contributed by atoms with van der Waals surface area (Å²) in [5.41, 5.74) is -0.415. The molecule has 2 aromatic rings. The molecule has 1 fully saturated rings. The molecule has 1 amide bonds. The van der Waals surface area contributed by atoms with Gasteiger partial charge in [-0.05, 0) is 49.9 Å². The Bertz CT molecular complexity index is 1000. The van der Waals surface area contributed by atoms with Crippen LogP contribution in [0.2, 0.25) is 0 Å². The van der Waals surface area contributed by atoms with E-state index >= 15 is 0 Å². The number of nitrogens with zero attached hydrogens (tertiary/aromatic N) is 3. The number of amides is 1. The van der Waals surface area contributed by atoms with Crippen molar-refractivity contribution in [1.82, 2.24) is 14.9 Å². The normalized spacial score (nSPS) is 20.5. The van der Waals surface area contributed by atoms with Crippen LogP contribution in [-0.2, 0) is 11.0 Å². The van der Waals surface area contributed by atoms with Gasteiger partial charge in [0, 0.05) is 30.3 Å². The van der Waals surface area contributed by atoms with E-state index in [1.54, 1.807) is 18.2 Å². The molecule has 3 heterocycles. The van der Waals surface area contributed by atoms with Gasteiger partial charge in [0.25, 0.3) is 0 Å². The van der Waals surface area contributed by atoms with Crippen LogP contribution in [0.4, 0.5) is 13.2 Å². The first-order valence-corrected chi connectivity index (χ1v) is 11.5. The second kappa shape index (κ2) is 9.17. The summed E-state index contributed by atoms with van der Waals surface area (Å²) >= 11 is 1.05. The molecular weight excluding hydrogens is 443 g/mol. The summed E-state index contributed by atoms with van der Waals surface area (Å²) in [5, 5.41) is -0.0133. The second-order valence-corrected chi connectivity index (χ2v) is 9.21. The highest BCUT2D eigenvalue weighted by Gasteiger charge is 2.34. The number of alkyl halides is 3. The highest BCUT2D eigenvalue weighted by Crippen LogP contribution is 2.37. The van der Waals surface area contributed by atoms with Crippen LogP contribution in [0.3, 0.4) is 0 Å². The van der Waals surface area contributed by atoms with Crippen LogP contribution in [-0.4, -0.2) is 45.9 Å². The van der Waals surface area contributed by atoms with Crippen molar-refractivity contribution in [3.8, 4) is 22.8 Å². The first-order valence-electron chi connectivity index (χ1n) is 10.5. The van der Waals surface area contributed by atoms with Crippen LogP contribution < -0.4 is 9.47 Å². The van der Waals surface area contributed by atoms with Gasteiger partial charge in [-0.3, -0.25) is 4.79 Å². The third kappa shape index (κ3) is 5.11. The maximum absolute atomic E-state index is 13.4. The van der Waals surface area contributed by atoms with Crippen molar-refractivity contribution in [2.75, 3.05) is 19.1 Å². The highest BCUT2D eigenvalue weighted by molar-refractivity contribution is 7.99. The molecule has 0 bridgehead atoms. The summed E-state index contributed by atoms with van der Waals surface area (Å²) in [4.78, 5) is 22.5. The lowest BCUT2D eigenvalue weighted by molar-refractivity contribution is -0.141. The summed E-state index contributed by atoms with van der Waals surface area (Å²) < 4.78 is 50.9. The van der Waals surface area contributed by atoms with Gasteiger partial charge in [-0.15, -0.1) is 0 Å². The molecule has 32 heavy (non-hydrogen) atoms. The number of halogens is 3. The van der Waals surface area contributed by atoms with Crippen LogP contribution in [0.15, 0.2) is 29.4 Å². The van der Waals surface area contributed by atoms with E-state index in [-0.39, 0.29) is 36.0 Å². The number of rotatable bonds is 5. The number of benzene rings is 1. The molecule has 0 radical (unpaired) electrons. The van der Waals surface area contributed by atoms with Gasteiger partial charge < -0.3 is 14.4 Å². The summed E-state index contributed by atoms with van der Waals surface area (Å²) in [5.74, 6) is 1.91. The molecule has 2 unspecified atom stereocenters. The van der Waals surface area contributed by atoms with Crippen LogP contribution in [0.1, 0.15) is 38.8 Å². The lowest BCUT2D eigenvalue weighted by Crippen LogP contribution is -2.44. The van der Waals surface area contributed by atoms with Gasteiger partial charge in [-0.25, -0.2) is 9.97 Å². The first kappa shape index (κ1) is 22.7. The average molecular weight is 468 g/mol. The fraction of sp³-hybridized carbons (Fsp3) is 0.500. The van der Waals surface area contributed by atoms with Gasteiger partial charge in [0.1, 0.15) is 5.69 Å². The second-order valence-electron chi connectivity index (χ2n) is 8.15. The molecule has 172 valence electrons. The van der Waals surface area contributed by atoms with Crippen molar-refractivity contribution in [3.63, 3.8) is 0 Å². The van der Waals surface area contributed by atoms with Crippen molar-refractivity contribution in [1.29, 1.82) is 0 Å². The number of aromatic nitrogens is 2. The van der Waals surface area contributed by atoms with Crippen LogP contribution in [0, 0.1) is 5.92 Å². The molecular formula is C22H24F3N3O3S. The minimum absolute atomic E-state index is 0.0133. The Morgan fingerprint density at radius 3 is 2.72 bits per heavy atom. The van der Waals surface area contributed by atoms with Crippen molar-refractivity contribution < 1.29 is 27.4 Å². The van der Waals surface area contributed by atoms with Gasteiger partial charge in [-0.2, -0.15) is 13.2 Å². The monoisotopic (exact) mass is 467 g/mol. The molecule has 0 aliphatic carbocycles. The summed E-state index contributed by atoms with van der Waals surface area (Å²) in [6, 6.07) is 5.97. The molecule has 1 saturated heterocycles. The number of carbonyl (C=O) groups is 1. The number of carbonyl (C=O) groups excluding carboxylic acids is 1. The van der Waals surface area contributed by atoms with Crippen molar-refractivity contribution in [2.45, 2.75) is 50.5 Å². The molecule has 1 aromatic carbocycles. The predicted octanol–water partition coefficient (Wildman–Crippen LogP) is 5.02. The lowest BCUT2D eigenvalue weighted by atomic mass is 9.93. The zero-order valence-electron chi connectivity index (χ0n) is 17.8. The van der Waals surface area contributed by atoms with Gasteiger partial charge in [0.2, 0.25) is 12.7 Å². The number of thioether (sulfide) groups is 1. The van der Waals surface area contributed by atoms with E-state index in [2.05, 4.69) is 16.9 Å². The average Bonchev–Trinajstić information content (AvgIpc) is 3.20. The molecule has 4 rings (SSSR count). The standard InChI is InChI=1S/C22H24F3N3O3S/c1-13-5-7-28(14(2)9-13)20(29)6-8-32-21-26-16(11-19(27-21)22(23,24)25)15-3-4-17-18(10-15)31-12-30-17/h3-4,10-11,13-14H,5-9,12H2,1-2H3. The van der Waals surface area contributed by atoms with Gasteiger partial charge >= 0.3 is 6.18 Å². The smallest absolute Gasteiger partial charge is 0.433 e. The van der Waals surface area contributed by atoms with Crippen LogP contribution in [0.25, 0.3) is 11.3 Å². The van der Waals surface area contributed by atoms with E-state index in [4.69, 9.17) is 9.47 Å². The number of likely N-dealkylation sites (tertiary alicyclic amines) is 1. The van der Waals surface area contributed by atoms with E-state index in [0.29, 0.717) is 28.7 Å². The van der Waals surface area contributed by atoms with Crippen molar-refractivity contribution in [3.05, 3.63) is 30.0 Å². The molecule has 2 atom stereocenters. The zero-order chi connectivity index (χ0) is 22.9. The molecule has 2 aliphatic rings. The van der Waals surface area contributed by atoms with Gasteiger partial charge in [-0.1, -0.05) is 18.7 Å². The zero-order valence-corrected chi connectivity index (χ0v) is 18.6. The van der Waals surface area contributed by atoms with Crippen LogP contribution >= 0.6 is 11.8 Å². The fourth-order valence-corrected chi connectivity index (χ4v) is 4.77. The summed E-state index contributed by atoms with van der Waals surface area (Å²) in [6.45, 7) is 5.01. The molecule has 0 saturated carbocycles. The van der Waals surface area contributed by atoms with Crippen LogP contribution in [0.5, 0.6) is 11.5 Å². The Labute approximate surface area is 188 Å². The molecule has 10 heteroatoms. The number of hydrogen-bond donors (Lipinski definition) is 0. The minimum atomic E-state index is -4.61. The first-order chi connectivity index (χ1) is 15.2. The lowest BCUT2D eigenvalue weighted by Gasteiger charge is -2.36. The SMILES string of the molecule is CC1CCN(C(=O)CCSc2nc(-c3ccc4c(c3)OCO4)cc(C(F)(F)F)n2)C(C)C1. The Kier molecular flexibility index (Phi) is 6.50. The summed E-state index contributed by atoms with van der Waals surface area (Å²) in [7, 11) is 0. The Morgan fingerprint density at radius 1 is 1.19 bits per heavy atom. The van der Waals surface area contributed by atoms with Crippen molar-refractivity contribution in [2.24, 2.45) is 5.92 Å². The fourth-order valence-electron chi connectivity index (χ4n) is 3.99. The van der Waals surface area contributed by atoms with E-state index in [0.717, 1.165) is 37.2 Å². The number of ether oxygens (including phenoxy) is 2. The third-order valence-corrected chi connectivity index (χ3v) is 6.52. The van der Waals surface area contributed by atoms with Gasteiger partial charge in [0.05, 0.1) is 5.69 Å². The maximum atomic E-state index is 13.4. The van der Waals surface area contributed by atoms with Gasteiger partial charge in [0.15, 0.2) is 16.7 Å². The molecule has 0 N–H and O–H groups in total. The minimum Gasteiger partial charge on any atom is -0.454 e. The number of piperidine rings is 1. The molecule has 2 aliphatic heterocycles. The number of hydrogen-bond acceptors (Lipinski definition) is 6. The Hall–Kier alpha value is -2.49. The van der Waals surface area contributed by atoms with E-state index in [1.165, 1.54) is 0 Å². The largest absolute Gasteiger partial charge is 0.454 e. The Morgan fingerprint density at radius 2 is 1.97 bits per heavy atom. The quantitative estimate of drug-likeness (QED) is 0.455. The van der Waals surface area contributed by atoms with E-state index in [1.807, 2.05) is 11.8 Å². The summed E-state index contributed by atoms with van der Waals surface area (Å²) in [6.07, 6.45) is -2.45. The highest BCUT2D eigenvalue weighted by atomic mass is 32.2. The maximum Gasteiger partial charge on any atom is 0.433 e. The molecule has 0 spiro atoms. The number of fused-ring (bicyclic) bond motifs is 1. The van der Waals surface area contributed by atoms with Crippen molar-refractivity contribution >= 4 is 17.7 Å². The third-order valence-electron chi connectivity index (χ3n) is 5.67. The topological polar surface area (TPSA) is 64.6 Å². The molecule has 1 aromatic heterocycles.